The number of rotatable bonds is 2. The number of hydrogen-bond acceptors (Lipinski definition) is 3. The Balaban J connectivity index is 2.34. The van der Waals surface area contributed by atoms with E-state index in [2.05, 4.69) is 9.97 Å². The van der Waals surface area contributed by atoms with E-state index < -0.39 is 0 Å². The zero-order chi connectivity index (χ0) is 10.8. The first-order valence-corrected chi connectivity index (χ1v) is 5.53. The van der Waals surface area contributed by atoms with Gasteiger partial charge in [0.05, 0.1) is 5.69 Å². The van der Waals surface area contributed by atoms with Gasteiger partial charge in [0, 0.05) is 11.7 Å². The minimum Gasteiger partial charge on any atom is -0.323 e. The topological polar surface area (TPSA) is 71.8 Å². The summed E-state index contributed by atoms with van der Waals surface area (Å²) in [5.74, 6) is 0.498. The van der Waals surface area contributed by atoms with E-state index >= 15 is 0 Å². The van der Waals surface area contributed by atoms with Crippen molar-refractivity contribution in [3.8, 4) is 0 Å². The number of H-pyrrole nitrogens is 1. The van der Waals surface area contributed by atoms with E-state index in [1.54, 1.807) is 0 Å². The van der Waals surface area contributed by atoms with Gasteiger partial charge < -0.3 is 10.7 Å². The third-order valence-corrected chi connectivity index (χ3v) is 3.05. The third-order valence-electron chi connectivity index (χ3n) is 3.05. The summed E-state index contributed by atoms with van der Waals surface area (Å²) in [7, 11) is 0. The molecule has 1 aromatic heterocycles. The lowest BCUT2D eigenvalue weighted by molar-refractivity contribution is 0.672. The summed E-state index contributed by atoms with van der Waals surface area (Å²) in [6, 6.07) is 1.77. The van der Waals surface area contributed by atoms with E-state index in [9.17, 15) is 4.79 Å². The summed E-state index contributed by atoms with van der Waals surface area (Å²) < 4.78 is 0. The van der Waals surface area contributed by atoms with Gasteiger partial charge in [-0.2, -0.15) is 4.98 Å². The maximum absolute atomic E-state index is 11.4. The summed E-state index contributed by atoms with van der Waals surface area (Å²) in [6.45, 7) is 1.85. The van der Waals surface area contributed by atoms with Crippen LogP contribution in [0.5, 0.6) is 0 Å². The maximum atomic E-state index is 11.4. The van der Waals surface area contributed by atoms with Crippen LogP contribution in [0.3, 0.4) is 0 Å². The van der Waals surface area contributed by atoms with Crippen LogP contribution in [0.15, 0.2) is 10.9 Å². The van der Waals surface area contributed by atoms with Gasteiger partial charge in [-0.05, 0) is 31.7 Å². The van der Waals surface area contributed by atoms with Crippen molar-refractivity contribution in [2.75, 3.05) is 0 Å². The zero-order valence-electron chi connectivity index (χ0n) is 8.99. The number of aromatic amines is 1. The van der Waals surface area contributed by atoms with Crippen molar-refractivity contribution in [3.63, 3.8) is 0 Å². The maximum Gasteiger partial charge on any atom is 0.345 e. The molecule has 82 valence electrons. The van der Waals surface area contributed by atoms with Gasteiger partial charge in [0.25, 0.3) is 0 Å². The molecule has 0 bridgehead atoms. The lowest BCUT2D eigenvalue weighted by Gasteiger charge is -2.11. The molecule has 15 heavy (non-hydrogen) atoms. The van der Waals surface area contributed by atoms with Crippen molar-refractivity contribution in [1.82, 2.24) is 9.97 Å². The quantitative estimate of drug-likeness (QED) is 0.771. The fourth-order valence-corrected chi connectivity index (χ4v) is 2.19. The number of nitrogens with zero attached hydrogens (tertiary/aromatic N) is 1. The largest absolute Gasteiger partial charge is 0.345 e. The number of nitrogens with two attached hydrogens (primary N) is 1. The van der Waals surface area contributed by atoms with Crippen LogP contribution < -0.4 is 11.4 Å². The highest BCUT2D eigenvalue weighted by Crippen LogP contribution is 2.32. The van der Waals surface area contributed by atoms with Crippen LogP contribution >= 0.6 is 0 Å². The lowest BCUT2D eigenvalue weighted by atomic mass is 10.0. The van der Waals surface area contributed by atoms with E-state index in [1.807, 2.05) is 13.0 Å². The van der Waals surface area contributed by atoms with E-state index in [0.29, 0.717) is 11.6 Å². The van der Waals surface area contributed by atoms with E-state index in [0.717, 1.165) is 5.69 Å². The standard InChI is InChI=1S/C11H17N3O/c1-7(12)9-6-10(14-11(15)13-9)8-4-2-3-5-8/h6-8H,2-5,12H2,1H3,(H,13,14,15). The summed E-state index contributed by atoms with van der Waals surface area (Å²) in [5.41, 5.74) is 7.17. The Morgan fingerprint density at radius 3 is 2.80 bits per heavy atom. The first kappa shape index (κ1) is 10.4. The molecule has 1 heterocycles. The minimum atomic E-state index is -0.272. The van der Waals surface area contributed by atoms with E-state index in [-0.39, 0.29) is 11.7 Å². The Labute approximate surface area is 88.9 Å². The van der Waals surface area contributed by atoms with Crippen LogP contribution in [-0.2, 0) is 0 Å². The summed E-state index contributed by atoms with van der Waals surface area (Å²) in [4.78, 5) is 18.0. The Morgan fingerprint density at radius 1 is 1.53 bits per heavy atom. The average molecular weight is 207 g/mol. The molecule has 0 saturated heterocycles. The molecule has 1 unspecified atom stereocenters. The van der Waals surface area contributed by atoms with E-state index in [1.165, 1.54) is 25.7 Å². The number of hydrogen-bond donors (Lipinski definition) is 2. The SMILES string of the molecule is CC(N)c1cc(C2CCCC2)[nH]c(=O)n1. The molecule has 1 aliphatic rings. The van der Waals surface area contributed by atoms with E-state index in [4.69, 9.17) is 5.73 Å². The van der Waals surface area contributed by atoms with Crippen LogP contribution in [0, 0.1) is 0 Å². The van der Waals surface area contributed by atoms with Crippen LogP contribution in [0.25, 0.3) is 0 Å². The molecule has 0 amide bonds. The molecular formula is C11H17N3O. The highest BCUT2D eigenvalue weighted by molar-refractivity contribution is 5.15. The van der Waals surface area contributed by atoms with Gasteiger partial charge in [0.2, 0.25) is 0 Å². The predicted octanol–water partition coefficient (Wildman–Crippen LogP) is 1.45. The Bertz CT molecular complexity index is 391. The summed E-state index contributed by atoms with van der Waals surface area (Å²) in [6.07, 6.45) is 4.84. The van der Waals surface area contributed by atoms with Gasteiger partial charge in [-0.15, -0.1) is 0 Å². The molecule has 1 aliphatic carbocycles. The van der Waals surface area contributed by atoms with Crippen molar-refractivity contribution in [2.24, 2.45) is 5.73 Å². The molecule has 3 N–H and O–H groups in total. The minimum absolute atomic E-state index is 0.174. The van der Waals surface area contributed by atoms with Gasteiger partial charge in [-0.25, -0.2) is 4.79 Å². The lowest BCUT2D eigenvalue weighted by Crippen LogP contribution is -2.20. The molecule has 2 rings (SSSR count). The number of aromatic nitrogens is 2. The molecule has 0 aromatic carbocycles. The fourth-order valence-electron chi connectivity index (χ4n) is 2.19. The molecule has 0 radical (unpaired) electrons. The zero-order valence-corrected chi connectivity index (χ0v) is 8.99. The normalized spacial score (nSPS) is 19.3. The van der Waals surface area contributed by atoms with Gasteiger partial charge in [-0.3, -0.25) is 0 Å². The molecule has 4 heteroatoms. The van der Waals surface area contributed by atoms with Crippen molar-refractivity contribution >= 4 is 0 Å². The second-order valence-electron chi connectivity index (χ2n) is 4.34. The van der Waals surface area contributed by atoms with Gasteiger partial charge >= 0.3 is 5.69 Å². The van der Waals surface area contributed by atoms with Crippen LogP contribution in [0.4, 0.5) is 0 Å². The van der Waals surface area contributed by atoms with Crippen LogP contribution in [0.2, 0.25) is 0 Å². The van der Waals surface area contributed by atoms with Crippen molar-refractivity contribution < 1.29 is 0 Å². The molecule has 0 aliphatic heterocycles. The highest BCUT2D eigenvalue weighted by Gasteiger charge is 2.19. The third kappa shape index (κ3) is 2.26. The fraction of sp³-hybridized carbons (Fsp3) is 0.636. The summed E-state index contributed by atoms with van der Waals surface area (Å²) >= 11 is 0. The molecule has 0 spiro atoms. The van der Waals surface area contributed by atoms with Gasteiger partial charge in [0.15, 0.2) is 0 Å². The highest BCUT2D eigenvalue weighted by atomic mass is 16.1. The Hall–Kier alpha value is -1.16. The second kappa shape index (κ2) is 4.14. The van der Waals surface area contributed by atoms with Crippen LogP contribution in [-0.4, -0.2) is 9.97 Å². The number of nitrogens with one attached hydrogen (secondary N) is 1. The molecule has 1 atom stereocenters. The Morgan fingerprint density at radius 2 is 2.20 bits per heavy atom. The molecule has 1 saturated carbocycles. The average Bonchev–Trinajstić information content (AvgIpc) is 2.69. The van der Waals surface area contributed by atoms with Crippen LogP contribution in [0.1, 0.15) is 56.0 Å². The summed E-state index contributed by atoms with van der Waals surface area (Å²) in [5, 5.41) is 0. The molecule has 4 nitrogen and oxygen atoms in total. The molecular weight excluding hydrogens is 190 g/mol. The van der Waals surface area contributed by atoms with Crippen molar-refractivity contribution in [1.29, 1.82) is 0 Å². The van der Waals surface area contributed by atoms with Crippen molar-refractivity contribution in [3.05, 3.63) is 27.9 Å². The van der Waals surface area contributed by atoms with Gasteiger partial charge in [-0.1, -0.05) is 12.8 Å². The first-order valence-electron chi connectivity index (χ1n) is 5.53. The smallest absolute Gasteiger partial charge is 0.323 e. The first-order chi connectivity index (χ1) is 7.16. The second-order valence-corrected chi connectivity index (χ2v) is 4.34. The van der Waals surface area contributed by atoms with Crippen molar-refractivity contribution in [2.45, 2.75) is 44.6 Å². The Kier molecular flexibility index (Phi) is 2.86. The molecule has 1 fully saturated rings. The molecule has 1 aromatic rings. The predicted molar refractivity (Wildman–Crippen MR) is 58.7 cm³/mol. The monoisotopic (exact) mass is 207 g/mol. The van der Waals surface area contributed by atoms with Gasteiger partial charge in [0.1, 0.15) is 0 Å².